The van der Waals surface area contributed by atoms with Crippen LogP contribution in [0.1, 0.15) is 6.92 Å². The van der Waals surface area contributed by atoms with Gasteiger partial charge in [-0.2, -0.15) is 0 Å². The SMILES string of the molecule is [CH2]C(C)N(C)C. The van der Waals surface area contributed by atoms with Gasteiger partial charge in [0.2, 0.25) is 0 Å². The molecule has 0 heterocycles. The summed E-state index contributed by atoms with van der Waals surface area (Å²) in [5.41, 5.74) is 0. The van der Waals surface area contributed by atoms with E-state index in [0.29, 0.717) is 6.04 Å². The Balaban J connectivity index is 2.99. The third kappa shape index (κ3) is 2.21. The predicted molar refractivity (Wildman–Crippen MR) is 28.5 cm³/mol. The van der Waals surface area contributed by atoms with Crippen molar-refractivity contribution in [1.29, 1.82) is 0 Å². The van der Waals surface area contributed by atoms with Crippen LogP contribution in [0.4, 0.5) is 0 Å². The van der Waals surface area contributed by atoms with E-state index in [1.54, 1.807) is 0 Å². The second kappa shape index (κ2) is 2.19. The predicted octanol–water partition coefficient (Wildman–Crippen LogP) is 0.771. The van der Waals surface area contributed by atoms with E-state index in [1.807, 2.05) is 14.1 Å². The summed E-state index contributed by atoms with van der Waals surface area (Å²) in [6, 6.07) is 0.435. The molecular weight excluding hydrogens is 74.1 g/mol. The van der Waals surface area contributed by atoms with E-state index in [1.165, 1.54) is 0 Å². The zero-order valence-corrected chi connectivity index (χ0v) is 4.73. The van der Waals surface area contributed by atoms with Crippen molar-refractivity contribution in [2.24, 2.45) is 0 Å². The average molecular weight is 86.2 g/mol. The molecule has 0 rings (SSSR count). The maximum atomic E-state index is 3.76. The highest BCUT2D eigenvalue weighted by atomic mass is 15.1. The molecule has 0 fully saturated rings. The van der Waals surface area contributed by atoms with E-state index >= 15 is 0 Å². The fourth-order valence-electron chi connectivity index (χ4n) is 0. The van der Waals surface area contributed by atoms with E-state index < -0.39 is 0 Å². The first-order valence-electron chi connectivity index (χ1n) is 2.14. The molecule has 0 amide bonds. The van der Waals surface area contributed by atoms with Crippen molar-refractivity contribution < 1.29 is 0 Å². The van der Waals surface area contributed by atoms with Gasteiger partial charge in [-0.25, -0.2) is 0 Å². The summed E-state index contributed by atoms with van der Waals surface area (Å²) in [6.45, 7) is 5.82. The molecule has 0 aromatic heterocycles. The summed E-state index contributed by atoms with van der Waals surface area (Å²) in [4.78, 5) is 2.06. The first-order chi connectivity index (χ1) is 2.64. The van der Waals surface area contributed by atoms with Crippen molar-refractivity contribution in [1.82, 2.24) is 4.90 Å². The maximum Gasteiger partial charge on any atom is 0.00614 e. The Labute approximate surface area is 40.0 Å². The third-order valence-corrected chi connectivity index (χ3v) is 0.882. The molecular formula is C5H12N. The molecule has 1 unspecified atom stereocenters. The van der Waals surface area contributed by atoms with Crippen LogP contribution in [-0.2, 0) is 0 Å². The fourth-order valence-corrected chi connectivity index (χ4v) is 0. The number of hydrogen-bond donors (Lipinski definition) is 0. The van der Waals surface area contributed by atoms with Gasteiger partial charge in [-0.1, -0.05) is 0 Å². The van der Waals surface area contributed by atoms with Crippen LogP contribution in [0.5, 0.6) is 0 Å². The maximum absolute atomic E-state index is 3.76. The van der Waals surface area contributed by atoms with E-state index in [-0.39, 0.29) is 0 Å². The Morgan fingerprint density at radius 2 is 1.67 bits per heavy atom. The molecule has 6 heavy (non-hydrogen) atoms. The van der Waals surface area contributed by atoms with Crippen molar-refractivity contribution in [3.8, 4) is 0 Å². The summed E-state index contributed by atoms with van der Waals surface area (Å²) in [5, 5.41) is 0. The monoisotopic (exact) mass is 86.1 g/mol. The highest BCUT2D eigenvalue weighted by Gasteiger charge is 1.90. The summed E-state index contributed by atoms with van der Waals surface area (Å²) >= 11 is 0. The van der Waals surface area contributed by atoms with E-state index in [0.717, 1.165) is 0 Å². The molecule has 1 radical (unpaired) electrons. The summed E-state index contributed by atoms with van der Waals surface area (Å²) in [6.07, 6.45) is 0. The molecule has 37 valence electrons. The minimum atomic E-state index is 0.435. The molecule has 0 bridgehead atoms. The van der Waals surface area contributed by atoms with Crippen LogP contribution in [0.15, 0.2) is 0 Å². The molecule has 1 heteroatoms. The van der Waals surface area contributed by atoms with Gasteiger partial charge in [-0.05, 0) is 27.9 Å². The molecule has 1 atom stereocenters. The van der Waals surface area contributed by atoms with Gasteiger partial charge >= 0.3 is 0 Å². The molecule has 0 saturated carbocycles. The van der Waals surface area contributed by atoms with Crippen LogP contribution >= 0.6 is 0 Å². The molecule has 0 aliphatic carbocycles. The lowest BCUT2D eigenvalue weighted by Crippen LogP contribution is -2.20. The lowest BCUT2D eigenvalue weighted by molar-refractivity contribution is 0.362. The Hall–Kier alpha value is -0.0400. The Morgan fingerprint density at radius 1 is 1.50 bits per heavy atom. The molecule has 1 nitrogen and oxygen atoms in total. The normalized spacial score (nSPS) is 11.0. The van der Waals surface area contributed by atoms with E-state index in [9.17, 15) is 0 Å². The van der Waals surface area contributed by atoms with Crippen LogP contribution in [0.2, 0.25) is 0 Å². The summed E-state index contributed by atoms with van der Waals surface area (Å²) in [7, 11) is 4.02. The van der Waals surface area contributed by atoms with Gasteiger partial charge in [-0.15, -0.1) is 0 Å². The van der Waals surface area contributed by atoms with E-state index in [2.05, 4.69) is 18.7 Å². The number of hydrogen-bond acceptors (Lipinski definition) is 1. The molecule has 0 spiro atoms. The second-order valence-corrected chi connectivity index (χ2v) is 1.81. The third-order valence-electron chi connectivity index (χ3n) is 0.882. The smallest absolute Gasteiger partial charge is 0.00614 e. The van der Waals surface area contributed by atoms with Gasteiger partial charge in [0.15, 0.2) is 0 Å². The lowest BCUT2D eigenvalue weighted by atomic mass is 10.4. The fraction of sp³-hybridized carbons (Fsp3) is 0.800. The van der Waals surface area contributed by atoms with Crippen molar-refractivity contribution >= 4 is 0 Å². The molecule has 0 N–H and O–H groups in total. The first-order valence-corrected chi connectivity index (χ1v) is 2.14. The van der Waals surface area contributed by atoms with Gasteiger partial charge in [0.05, 0.1) is 0 Å². The van der Waals surface area contributed by atoms with Gasteiger partial charge in [0.25, 0.3) is 0 Å². The van der Waals surface area contributed by atoms with Crippen LogP contribution in [0, 0.1) is 6.92 Å². The van der Waals surface area contributed by atoms with Crippen molar-refractivity contribution in [3.05, 3.63) is 6.92 Å². The van der Waals surface area contributed by atoms with E-state index in [4.69, 9.17) is 0 Å². The largest absolute Gasteiger partial charge is 0.307 e. The van der Waals surface area contributed by atoms with Crippen LogP contribution in [0.3, 0.4) is 0 Å². The van der Waals surface area contributed by atoms with Crippen molar-refractivity contribution in [2.75, 3.05) is 14.1 Å². The standard InChI is InChI=1S/C5H12N/c1-5(2)6(3)4/h5H,1H2,2-4H3. The Morgan fingerprint density at radius 3 is 1.67 bits per heavy atom. The van der Waals surface area contributed by atoms with Gasteiger partial charge in [0.1, 0.15) is 0 Å². The van der Waals surface area contributed by atoms with Crippen LogP contribution in [0.25, 0.3) is 0 Å². The summed E-state index contributed by atoms with van der Waals surface area (Å²) < 4.78 is 0. The Bertz CT molecular complexity index is 24.9. The van der Waals surface area contributed by atoms with Crippen molar-refractivity contribution in [2.45, 2.75) is 13.0 Å². The first kappa shape index (κ1) is 5.96. The highest BCUT2D eigenvalue weighted by Crippen LogP contribution is 1.83. The average Bonchev–Trinajstić information content (AvgIpc) is 1.36. The van der Waals surface area contributed by atoms with Gasteiger partial charge in [0, 0.05) is 6.04 Å². The lowest BCUT2D eigenvalue weighted by Gasteiger charge is -2.12. The molecule has 0 aliphatic rings. The quantitative estimate of drug-likeness (QED) is 0.455. The van der Waals surface area contributed by atoms with Gasteiger partial charge < -0.3 is 4.90 Å². The minimum Gasteiger partial charge on any atom is -0.307 e. The summed E-state index contributed by atoms with van der Waals surface area (Å²) in [5.74, 6) is 0. The molecule has 0 saturated heterocycles. The Kier molecular flexibility index (Phi) is 2.18. The highest BCUT2D eigenvalue weighted by molar-refractivity contribution is 4.58. The van der Waals surface area contributed by atoms with Crippen LogP contribution < -0.4 is 0 Å². The van der Waals surface area contributed by atoms with Crippen molar-refractivity contribution in [3.63, 3.8) is 0 Å². The number of rotatable bonds is 1. The minimum absolute atomic E-state index is 0.435. The molecule has 0 aromatic carbocycles. The number of nitrogens with zero attached hydrogens (tertiary/aromatic N) is 1. The molecule has 0 aromatic rings. The van der Waals surface area contributed by atoms with Crippen LogP contribution in [-0.4, -0.2) is 25.0 Å². The topological polar surface area (TPSA) is 3.24 Å². The zero-order valence-electron chi connectivity index (χ0n) is 4.73. The van der Waals surface area contributed by atoms with Gasteiger partial charge in [-0.3, -0.25) is 0 Å². The zero-order chi connectivity index (χ0) is 5.15. The second-order valence-electron chi connectivity index (χ2n) is 1.81. The molecule has 0 aliphatic heterocycles.